The van der Waals surface area contributed by atoms with Gasteiger partial charge in [-0.1, -0.05) is 38.0 Å². The van der Waals surface area contributed by atoms with E-state index in [1.54, 1.807) is 12.2 Å². The Hall–Kier alpha value is -1.05. The van der Waals surface area contributed by atoms with Gasteiger partial charge in [-0.25, -0.2) is 4.79 Å². The monoisotopic (exact) mass is 198 g/mol. The van der Waals surface area contributed by atoms with Crippen LogP contribution < -0.4 is 0 Å². The summed E-state index contributed by atoms with van der Waals surface area (Å²) in [6.45, 7) is 1.43. The maximum atomic E-state index is 11.0. The molecule has 0 aliphatic carbocycles. The van der Waals surface area contributed by atoms with Gasteiger partial charge in [-0.3, -0.25) is 0 Å². The lowest BCUT2D eigenvalue weighted by Gasteiger charge is -1.92. The molecule has 0 saturated heterocycles. The van der Waals surface area contributed by atoms with Crippen LogP contribution in [-0.4, -0.2) is 12.5 Å². The lowest BCUT2D eigenvalue weighted by atomic mass is 10.2. The molecule has 2 nitrogen and oxygen atoms in total. The van der Waals surface area contributed by atoms with Crippen LogP contribution in [-0.2, 0) is 9.53 Å². The molecule has 0 radical (unpaired) electrons. The zero-order chi connectivity index (χ0) is 12.4. The Morgan fingerprint density at radius 2 is 2.14 bits per heavy atom. The standard InChI is InChI=1S/C12H20O2/c1-3-5-6-7-8-9-10-11-12(13)14-4-2/h8-11H,3-7H2,1-2H3/b9-8-,11-10+/i4D2. The van der Waals surface area contributed by atoms with Crippen molar-refractivity contribution >= 4 is 5.97 Å². The summed E-state index contributed by atoms with van der Waals surface area (Å²) in [6.07, 6.45) is 11.1. The average molecular weight is 198 g/mol. The summed E-state index contributed by atoms with van der Waals surface area (Å²) < 4.78 is 18.5. The van der Waals surface area contributed by atoms with Crippen LogP contribution in [0.5, 0.6) is 0 Å². The minimum Gasteiger partial charge on any atom is -0.463 e. The van der Waals surface area contributed by atoms with Crippen molar-refractivity contribution in [2.75, 3.05) is 6.56 Å². The van der Waals surface area contributed by atoms with Crippen molar-refractivity contribution in [3.05, 3.63) is 24.3 Å². The van der Waals surface area contributed by atoms with E-state index in [1.807, 2.05) is 6.08 Å². The van der Waals surface area contributed by atoms with Gasteiger partial charge in [0.1, 0.15) is 0 Å². The van der Waals surface area contributed by atoms with Gasteiger partial charge in [-0.05, 0) is 19.8 Å². The maximum Gasteiger partial charge on any atom is 0.330 e. The summed E-state index contributed by atoms with van der Waals surface area (Å²) in [7, 11) is 0. The fraction of sp³-hybridized carbons (Fsp3) is 0.583. The number of rotatable bonds is 7. The summed E-state index contributed by atoms with van der Waals surface area (Å²) >= 11 is 0. The van der Waals surface area contributed by atoms with Crippen LogP contribution in [0.1, 0.15) is 42.3 Å². The number of esters is 1. The molecule has 0 aliphatic rings. The molecule has 80 valence electrons. The van der Waals surface area contributed by atoms with E-state index in [1.165, 1.54) is 25.8 Å². The van der Waals surface area contributed by atoms with Crippen molar-refractivity contribution in [1.29, 1.82) is 0 Å². The summed E-state index contributed by atoms with van der Waals surface area (Å²) in [6, 6.07) is 0. The van der Waals surface area contributed by atoms with Crippen molar-refractivity contribution in [2.24, 2.45) is 0 Å². The molecule has 14 heavy (non-hydrogen) atoms. The Bertz CT molecular complexity index is 252. The van der Waals surface area contributed by atoms with E-state index >= 15 is 0 Å². The Labute approximate surface area is 89.5 Å². The highest BCUT2D eigenvalue weighted by Crippen LogP contribution is 1.99. The van der Waals surface area contributed by atoms with Gasteiger partial charge in [-0.2, -0.15) is 0 Å². The lowest BCUT2D eigenvalue weighted by Crippen LogP contribution is -1.98. The zero-order valence-corrected chi connectivity index (χ0v) is 8.95. The first-order chi connectivity index (χ1) is 7.45. The Kier molecular flexibility index (Phi) is 6.81. The fourth-order valence-electron chi connectivity index (χ4n) is 0.956. The van der Waals surface area contributed by atoms with Gasteiger partial charge in [-0.15, -0.1) is 0 Å². The highest BCUT2D eigenvalue weighted by atomic mass is 16.5. The summed E-state index contributed by atoms with van der Waals surface area (Å²) in [5.41, 5.74) is 0. The molecule has 0 aromatic carbocycles. The smallest absolute Gasteiger partial charge is 0.330 e. The van der Waals surface area contributed by atoms with Crippen molar-refractivity contribution in [3.63, 3.8) is 0 Å². The molecule has 0 aliphatic heterocycles. The maximum absolute atomic E-state index is 11.0. The topological polar surface area (TPSA) is 26.3 Å². The van der Waals surface area contributed by atoms with E-state index in [0.717, 1.165) is 12.8 Å². The molecule has 0 rings (SSSR count). The molecule has 2 heteroatoms. The third-order valence-corrected chi connectivity index (χ3v) is 1.66. The van der Waals surface area contributed by atoms with Crippen LogP contribution in [0.15, 0.2) is 24.3 Å². The predicted molar refractivity (Wildman–Crippen MR) is 59.1 cm³/mol. The number of carbonyl (C=O) groups is 1. The quantitative estimate of drug-likeness (QED) is 0.272. The first-order valence-electron chi connectivity index (χ1n) is 6.02. The van der Waals surface area contributed by atoms with Crippen LogP contribution >= 0.6 is 0 Å². The van der Waals surface area contributed by atoms with E-state index in [9.17, 15) is 4.79 Å². The van der Waals surface area contributed by atoms with Crippen molar-refractivity contribution in [3.8, 4) is 0 Å². The van der Waals surface area contributed by atoms with Crippen LogP contribution in [0.2, 0.25) is 0 Å². The molecule has 0 spiro atoms. The fourth-order valence-corrected chi connectivity index (χ4v) is 0.956. The van der Waals surface area contributed by atoms with Crippen LogP contribution in [0.4, 0.5) is 0 Å². The van der Waals surface area contributed by atoms with Gasteiger partial charge in [0.2, 0.25) is 0 Å². The van der Waals surface area contributed by atoms with Crippen LogP contribution in [0.25, 0.3) is 0 Å². The number of allylic oxidation sites excluding steroid dienone is 3. The van der Waals surface area contributed by atoms with E-state index in [4.69, 9.17) is 2.74 Å². The van der Waals surface area contributed by atoms with Gasteiger partial charge in [0.15, 0.2) is 0 Å². The summed E-state index contributed by atoms with van der Waals surface area (Å²) in [5.74, 6) is -0.661. The molecule has 0 N–H and O–H groups in total. The van der Waals surface area contributed by atoms with Gasteiger partial charge >= 0.3 is 5.97 Å². The third-order valence-electron chi connectivity index (χ3n) is 1.66. The Morgan fingerprint density at radius 1 is 1.36 bits per heavy atom. The zero-order valence-electron chi connectivity index (χ0n) is 11.0. The highest BCUT2D eigenvalue weighted by molar-refractivity contribution is 5.82. The predicted octanol–water partition coefficient (Wildman–Crippen LogP) is 3.24. The number of unbranched alkanes of at least 4 members (excludes halogenated alkanes) is 3. The third kappa shape index (κ3) is 9.04. The second-order valence-electron chi connectivity index (χ2n) is 2.91. The van der Waals surface area contributed by atoms with Gasteiger partial charge in [0.05, 0.1) is 9.30 Å². The largest absolute Gasteiger partial charge is 0.463 e. The Morgan fingerprint density at radius 3 is 2.79 bits per heavy atom. The highest BCUT2D eigenvalue weighted by Gasteiger charge is 1.89. The van der Waals surface area contributed by atoms with Crippen molar-refractivity contribution in [1.82, 2.24) is 0 Å². The number of carbonyl (C=O) groups excluding carboxylic acids is 1. The van der Waals surface area contributed by atoms with Crippen molar-refractivity contribution < 1.29 is 12.3 Å². The van der Waals surface area contributed by atoms with E-state index in [0.29, 0.717) is 0 Å². The summed E-state index contributed by atoms with van der Waals surface area (Å²) in [4.78, 5) is 11.0. The van der Waals surface area contributed by atoms with Crippen LogP contribution in [0, 0.1) is 0 Å². The SMILES string of the molecule is [2H]C([2H])(C)OC(=O)/C=C/C=C\CCCCC. The van der Waals surface area contributed by atoms with Crippen molar-refractivity contribution in [2.45, 2.75) is 39.5 Å². The lowest BCUT2D eigenvalue weighted by molar-refractivity contribution is -0.137. The minimum atomic E-state index is -1.91. The molecule has 0 amide bonds. The minimum absolute atomic E-state index is 0.661. The van der Waals surface area contributed by atoms with Gasteiger partial charge < -0.3 is 4.74 Å². The first-order valence-corrected chi connectivity index (χ1v) is 5.02. The molecule has 0 unspecified atom stereocenters. The van der Waals surface area contributed by atoms with Crippen LogP contribution in [0.3, 0.4) is 0 Å². The molecular formula is C12H20O2. The second-order valence-corrected chi connectivity index (χ2v) is 2.91. The molecular weight excluding hydrogens is 176 g/mol. The molecule has 0 bridgehead atoms. The molecule has 0 fully saturated rings. The van der Waals surface area contributed by atoms with E-state index in [2.05, 4.69) is 11.7 Å². The molecule has 0 aromatic heterocycles. The molecule has 0 heterocycles. The summed E-state index contributed by atoms with van der Waals surface area (Å²) in [5, 5.41) is 0. The second kappa shape index (κ2) is 10.0. The van der Waals surface area contributed by atoms with Gasteiger partial charge in [0.25, 0.3) is 0 Å². The number of ether oxygens (including phenoxy) is 1. The Balaban J connectivity index is 3.71. The van der Waals surface area contributed by atoms with Gasteiger partial charge in [0, 0.05) is 6.08 Å². The first kappa shape index (κ1) is 9.50. The molecule has 0 saturated carbocycles. The number of hydrogen-bond donors (Lipinski definition) is 0. The molecule has 0 atom stereocenters. The van der Waals surface area contributed by atoms with E-state index in [-0.39, 0.29) is 0 Å². The number of hydrogen-bond acceptors (Lipinski definition) is 2. The average Bonchev–Trinajstić information content (AvgIpc) is 2.13. The van der Waals surface area contributed by atoms with E-state index < -0.39 is 12.5 Å². The normalized spacial score (nSPS) is 14.4. The molecule has 0 aromatic rings.